The number of thioether (sulfide) groups is 1. The second kappa shape index (κ2) is 7.35. The standard InChI is InChI=1S/C12H17F2NO3S2/c1-8(5-6-19-2)15-20(17,18)11-4-3-10(13)9(7-16)12(11)14/h3-4,8,15-16H,5-7H2,1-2H3. The Morgan fingerprint density at radius 3 is 2.60 bits per heavy atom. The van der Waals surface area contributed by atoms with Crippen molar-refractivity contribution in [3.8, 4) is 0 Å². The summed E-state index contributed by atoms with van der Waals surface area (Å²) in [5, 5.41) is 8.89. The number of rotatable bonds is 7. The molecule has 114 valence electrons. The smallest absolute Gasteiger partial charge is 0.243 e. The van der Waals surface area contributed by atoms with E-state index < -0.39 is 38.7 Å². The summed E-state index contributed by atoms with van der Waals surface area (Å²) < 4.78 is 53.6. The number of nitrogens with one attached hydrogen (secondary N) is 1. The molecule has 4 nitrogen and oxygen atoms in total. The molecule has 1 rings (SSSR count). The SMILES string of the molecule is CSCCC(C)NS(=O)(=O)c1ccc(F)c(CO)c1F. The molecule has 20 heavy (non-hydrogen) atoms. The molecule has 8 heteroatoms. The molecule has 1 unspecified atom stereocenters. The summed E-state index contributed by atoms with van der Waals surface area (Å²) >= 11 is 1.57. The van der Waals surface area contributed by atoms with Crippen molar-refractivity contribution < 1.29 is 22.3 Å². The van der Waals surface area contributed by atoms with Crippen molar-refractivity contribution >= 4 is 21.8 Å². The van der Waals surface area contributed by atoms with Gasteiger partial charge in [-0.2, -0.15) is 11.8 Å². The maximum atomic E-state index is 13.9. The lowest BCUT2D eigenvalue weighted by Gasteiger charge is -2.15. The first-order valence-corrected chi connectivity index (χ1v) is 8.80. The molecule has 0 aliphatic carbocycles. The van der Waals surface area contributed by atoms with E-state index in [-0.39, 0.29) is 6.04 Å². The predicted octanol–water partition coefficient (Wildman–Crippen LogP) is 1.88. The third-order valence-electron chi connectivity index (χ3n) is 2.71. The van der Waals surface area contributed by atoms with Gasteiger partial charge in [-0.15, -0.1) is 0 Å². The highest BCUT2D eigenvalue weighted by Gasteiger charge is 2.24. The van der Waals surface area contributed by atoms with Crippen molar-refractivity contribution in [2.24, 2.45) is 0 Å². The number of halogens is 2. The Hall–Kier alpha value is -0.700. The van der Waals surface area contributed by atoms with Crippen LogP contribution in [0.4, 0.5) is 8.78 Å². The fraction of sp³-hybridized carbons (Fsp3) is 0.500. The van der Waals surface area contributed by atoms with Gasteiger partial charge in [-0.1, -0.05) is 0 Å². The molecule has 0 radical (unpaired) electrons. The maximum Gasteiger partial charge on any atom is 0.243 e. The summed E-state index contributed by atoms with van der Waals surface area (Å²) in [5.41, 5.74) is -0.648. The van der Waals surface area contributed by atoms with Crippen LogP contribution < -0.4 is 4.72 Å². The summed E-state index contributed by atoms with van der Waals surface area (Å²) in [4.78, 5) is -0.654. The van der Waals surface area contributed by atoms with E-state index in [0.29, 0.717) is 6.42 Å². The fourth-order valence-electron chi connectivity index (χ4n) is 1.61. The van der Waals surface area contributed by atoms with Gasteiger partial charge in [-0.05, 0) is 37.5 Å². The Balaban J connectivity index is 3.04. The molecular formula is C12H17F2NO3S2. The zero-order valence-corrected chi connectivity index (χ0v) is 12.8. The Morgan fingerprint density at radius 1 is 1.40 bits per heavy atom. The summed E-state index contributed by atoms with van der Waals surface area (Å²) in [5.74, 6) is -1.46. The van der Waals surface area contributed by atoms with Crippen LogP contribution in [0.15, 0.2) is 17.0 Å². The maximum absolute atomic E-state index is 13.9. The third-order valence-corrected chi connectivity index (χ3v) is 4.96. The van der Waals surface area contributed by atoms with E-state index in [1.54, 1.807) is 18.7 Å². The summed E-state index contributed by atoms with van der Waals surface area (Å²) in [6.45, 7) is 0.769. The summed E-state index contributed by atoms with van der Waals surface area (Å²) in [6, 6.07) is 1.32. The molecule has 0 fully saturated rings. The summed E-state index contributed by atoms with van der Waals surface area (Å²) in [7, 11) is -4.08. The van der Waals surface area contributed by atoms with Crippen molar-refractivity contribution in [2.75, 3.05) is 12.0 Å². The van der Waals surface area contributed by atoms with Gasteiger partial charge in [0.1, 0.15) is 10.7 Å². The van der Waals surface area contributed by atoms with Gasteiger partial charge in [0.05, 0.1) is 12.2 Å². The van der Waals surface area contributed by atoms with E-state index in [4.69, 9.17) is 5.11 Å². The van der Waals surface area contributed by atoms with Gasteiger partial charge in [0, 0.05) is 6.04 Å². The monoisotopic (exact) mass is 325 g/mol. The number of hydrogen-bond donors (Lipinski definition) is 2. The van der Waals surface area contributed by atoms with Crippen molar-refractivity contribution in [1.82, 2.24) is 4.72 Å². The number of benzene rings is 1. The van der Waals surface area contributed by atoms with E-state index in [2.05, 4.69) is 4.72 Å². The Bertz CT molecular complexity index is 564. The highest BCUT2D eigenvalue weighted by molar-refractivity contribution is 7.98. The highest BCUT2D eigenvalue weighted by Crippen LogP contribution is 2.21. The van der Waals surface area contributed by atoms with Gasteiger partial charge >= 0.3 is 0 Å². The number of aliphatic hydroxyl groups is 1. The van der Waals surface area contributed by atoms with Crippen molar-refractivity contribution in [3.05, 3.63) is 29.3 Å². The Labute approximate surface area is 121 Å². The van der Waals surface area contributed by atoms with Crippen LogP contribution in [-0.4, -0.2) is 31.6 Å². The lowest BCUT2D eigenvalue weighted by molar-refractivity contribution is 0.267. The van der Waals surface area contributed by atoms with Crippen molar-refractivity contribution in [1.29, 1.82) is 0 Å². The quantitative estimate of drug-likeness (QED) is 0.803. The lowest BCUT2D eigenvalue weighted by atomic mass is 10.2. The van der Waals surface area contributed by atoms with E-state index in [1.807, 2.05) is 6.26 Å². The van der Waals surface area contributed by atoms with E-state index in [9.17, 15) is 17.2 Å². The van der Waals surface area contributed by atoms with Crippen molar-refractivity contribution in [3.63, 3.8) is 0 Å². The molecule has 0 aromatic heterocycles. The molecular weight excluding hydrogens is 308 g/mol. The predicted molar refractivity (Wildman–Crippen MR) is 75.1 cm³/mol. The molecule has 0 heterocycles. The van der Waals surface area contributed by atoms with Crippen LogP contribution in [-0.2, 0) is 16.6 Å². The van der Waals surface area contributed by atoms with Gasteiger partial charge in [0.2, 0.25) is 10.0 Å². The first-order chi connectivity index (χ1) is 9.33. The van der Waals surface area contributed by atoms with Crippen LogP contribution in [0.1, 0.15) is 18.9 Å². The first kappa shape index (κ1) is 17.4. The van der Waals surface area contributed by atoms with Gasteiger partial charge in [-0.25, -0.2) is 21.9 Å². The first-order valence-electron chi connectivity index (χ1n) is 5.92. The fourth-order valence-corrected chi connectivity index (χ4v) is 3.58. The topological polar surface area (TPSA) is 66.4 Å². The molecule has 0 aliphatic rings. The van der Waals surface area contributed by atoms with Crippen LogP contribution in [0.25, 0.3) is 0 Å². The molecule has 1 aromatic carbocycles. The average molecular weight is 325 g/mol. The van der Waals surface area contributed by atoms with Gasteiger partial charge in [0.25, 0.3) is 0 Å². The molecule has 2 N–H and O–H groups in total. The largest absolute Gasteiger partial charge is 0.391 e. The van der Waals surface area contributed by atoms with Gasteiger partial charge in [-0.3, -0.25) is 0 Å². The minimum absolute atomic E-state index is 0.366. The third kappa shape index (κ3) is 4.15. The zero-order chi connectivity index (χ0) is 15.3. The Kier molecular flexibility index (Phi) is 6.38. The van der Waals surface area contributed by atoms with Crippen LogP contribution in [0.3, 0.4) is 0 Å². The molecule has 0 bridgehead atoms. The Morgan fingerprint density at radius 2 is 2.05 bits per heavy atom. The van der Waals surface area contributed by atoms with Crippen LogP contribution in [0.2, 0.25) is 0 Å². The number of sulfonamides is 1. The second-order valence-corrected chi connectivity index (χ2v) is 6.97. The normalized spacial score (nSPS) is 13.4. The summed E-state index contributed by atoms with van der Waals surface area (Å²) in [6.07, 6.45) is 2.49. The van der Waals surface area contributed by atoms with Gasteiger partial charge in [0.15, 0.2) is 5.82 Å². The number of hydrogen-bond acceptors (Lipinski definition) is 4. The average Bonchev–Trinajstić information content (AvgIpc) is 2.36. The minimum atomic E-state index is -4.08. The van der Waals surface area contributed by atoms with Gasteiger partial charge < -0.3 is 5.11 Å². The van der Waals surface area contributed by atoms with E-state index in [0.717, 1.165) is 17.9 Å². The van der Waals surface area contributed by atoms with Crippen LogP contribution in [0.5, 0.6) is 0 Å². The minimum Gasteiger partial charge on any atom is -0.391 e. The van der Waals surface area contributed by atoms with Crippen LogP contribution >= 0.6 is 11.8 Å². The number of aliphatic hydroxyl groups excluding tert-OH is 1. The highest BCUT2D eigenvalue weighted by atomic mass is 32.2. The van der Waals surface area contributed by atoms with E-state index >= 15 is 0 Å². The zero-order valence-electron chi connectivity index (χ0n) is 11.2. The molecule has 0 amide bonds. The molecule has 0 spiro atoms. The second-order valence-electron chi connectivity index (χ2n) is 4.30. The van der Waals surface area contributed by atoms with Crippen LogP contribution in [0, 0.1) is 11.6 Å². The molecule has 1 atom stereocenters. The molecule has 1 aromatic rings. The molecule has 0 saturated heterocycles. The van der Waals surface area contributed by atoms with Crippen molar-refractivity contribution in [2.45, 2.75) is 30.9 Å². The molecule has 0 saturated carbocycles. The molecule has 0 aliphatic heterocycles. The van der Waals surface area contributed by atoms with E-state index in [1.165, 1.54) is 0 Å². The lowest BCUT2D eigenvalue weighted by Crippen LogP contribution is -2.33.